The zero-order chi connectivity index (χ0) is 33.9. The molecule has 3 heteroatoms. The van der Waals surface area contributed by atoms with E-state index in [-0.39, 0.29) is 5.41 Å². The zero-order valence-corrected chi connectivity index (χ0v) is 28.0. The van der Waals surface area contributed by atoms with Crippen molar-refractivity contribution < 1.29 is 4.42 Å². The lowest BCUT2D eigenvalue weighted by Crippen LogP contribution is -2.22. The fraction of sp³-hybridized carbons (Fsp3) is 0.0417. The molecule has 1 atom stereocenters. The van der Waals surface area contributed by atoms with Crippen LogP contribution in [0.2, 0.25) is 0 Å². The van der Waals surface area contributed by atoms with E-state index in [0.29, 0.717) is 5.82 Å². The summed E-state index contributed by atoms with van der Waals surface area (Å²) in [4.78, 5) is 10.5. The van der Waals surface area contributed by atoms with Crippen molar-refractivity contribution in [2.75, 3.05) is 0 Å². The minimum atomic E-state index is -0.298. The van der Waals surface area contributed by atoms with Crippen molar-refractivity contribution in [3.8, 4) is 56.2 Å². The van der Waals surface area contributed by atoms with Gasteiger partial charge >= 0.3 is 0 Å². The Hall–Kier alpha value is -6.58. The van der Waals surface area contributed by atoms with Crippen LogP contribution in [0.5, 0.6) is 0 Å². The van der Waals surface area contributed by atoms with Crippen LogP contribution in [-0.4, -0.2) is 9.97 Å². The van der Waals surface area contributed by atoms with Crippen molar-refractivity contribution in [2.45, 2.75) is 12.3 Å². The van der Waals surface area contributed by atoms with Gasteiger partial charge in [0.15, 0.2) is 5.82 Å². The number of hydrogen-bond acceptors (Lipinski definition) is 3. The molecular weight excluding hydrogens is 621 g/mol. The third-order valence-electron chi connectivity index (χ3n) is 10.6. The van der Waals surface area contributed by atoms with Gasteiger partial charge in [0.2, 0.25) is 0 Å². The van der Waals surface area contributed by atoms with E-state index in [4.69, 9.17) is 14.4 Å². The first kappa shape index (κ1) is 29.3. The lowest BCUT2D eigenvalue weighted by Gasteiger charge is -2.28. The van der Waals surface area contributed by atoms with Gasteiger partial charge in [-0.05, 0) is 58.5 Å². The summed E-state index contributed by atoms with van der Waals surface area (Å²) in [7, 11) is 0. The molecule has 9 aromatic rings. The van der Waals surface area contributed by atoms with Crippen LogP contribution in [0.3, 0.4) is 0 Å². The molecule has 0 radical (unpaired) electrons. The number of hydrogen-bond donors (Lipinski definition) is 0. The van der Waals surface area contributed by atoms with Gasteiger partial charge in [-0.3, -0.25) is 0 Å². The van der Waals surface area contributed by atoms with Crippen LogP contribution in [0.25, 0.3) is 78.1 Å². The van der Waals surface area contributed by atoms with Crippen LogP contribution in [-0.2, 0) is 5.41 Å². The predicted molar refractivity (Wildman–Crippen MR) is 208 cm³/mol. The molecule has 2 aromatic heterocycles. The van der Waals surface area contributed by atoms with Gasteiger partial charge in [-0.25, -0.2) is 9.97 Å². The monoisotopic (exact) mass is 652 g/mol. The molecule has 2 heterocycles. The second-order valence-corrected chi connectivity index (χ2v) is 13.5. The van der Waals surface area contributed by atoms with Crippen molar-refractivity contribution in [3.05, 3.63) is 193 Å². The first-order valence-corrected chi connectivity index (χ1v) is 17.4. The summed E-state index contributed by atoms with van der Waals surface area (Å²) in [5.41, 5.74) is 14.8. The Kier molecular flexibility index (Phi) is 6.62. The molecule has 1 unspecified atom stereocenters. The number of aromatic nitrogens is 2. The quantitative estimate of drug-likeness (QED) is 0.186. The number of para-hydroxylation sites is 2. The van der Waals surface area contributed by atoms with Crippen molar-refractivity contribution in [2.24, 2.45) is 0 Å². The van der Waals surface area contributed by atoms with Crippen LogP contribution in [0.1, 0.15) is 23.6 Å². The van der Waals surface area contributed by atoms with E-state index in [0.717, 1.165) is 61.1 Å². The number of fused-ring (bicyclic) bond motifs is 6. The molecule has 1 aliphatic carbocycles. The van der Waals surface area contributed by atoms with Crippen molar-refractivity contribution in [1.82, 2.24) is 9.97 Å². The van der Waals surface area contributed by atoms with E-state index < -0.39 is 0 Å². The maximum atomic E-state index is 6.43. The molecule has 0 saturated heterocycles. The highest BCUT2D eigenvalue weighted by atomic mass is 16.3. The molecule has 0 fully saturated rings. The molecule has 10 rings (SSSR count). The van der Waals surface area contributed by atoms with Gasteiger partial charge in [0, 0.05) is 38.4 Å². The van der Waals surface area contributed by atoms with Crippen molar-refractivity contribution in [3.63, 3.8) is 0 Å². The SMILES string of the molecule is CC1(c2ccccc2)c2ccccc2-c2c(-c3cc(-c4cccc(-c5cccc6c5oc5ccccc56)c4)nc(-c4ccccc4)n3)cccc21. The minimum Gasteiger partial charge on any atom is -0.455 e. The molecule has 0 N–H and O–H groups in total. The van der Waals surface area contributed by atoms with E-state index in [1.54, 1.807) is 0 Å². The van der Waals surface area contributed by atoms with E-state index >= 15 is 0 Å². The van der Waals surface area contributed by atoms with E-state index in [9.17, 15) is 0 Å². The highest BCUT2D eigenvalue weighted by Gasteiger charge is 2.41. The van der Waals surface area contributed by atoms with Crippen molar-refractivity contribution in [1.29, 1.82) is 0 Å². The van der Waals surface area contributed by atoms with Crippen LogP contribution in [0, 0.1) is 0 Å². The highest BCUT2D eigenvalue weighted by molar-refractivity contribution is 6.09. The maximum absolute atomic E-state index is 6.43. The summed E-state index contributed by atoms with van der Waals surface area (Å²) >= 11 is 0. The molecule has 0 bridgehead atoms. The first-order valence-electron chi connectivity index (χ1n) is 17.4. The molecule has 0 spiro atoms. The standard InChI is InChI=1S/C48H32N2O/c1-48(34-19-6-3-7-20-34)40-26-10-8-22-38(40)45-39(25-14-27-41(45)48)43-30-42(49-47(50-43)31-15-4-2-5-16-31)33-18-12-17-32(29-33)35-23-13-24-37-36-21-9-11-28-44(36)51-46(35)37/h2-30H,1H3. The van der Waals surface area contributed by atoms with E-state index in [1.165, 1.54) is 27.8 Å². The fourth-order valence-electron chi connectivity index (χ4n) is 8.11. The Labute approximate surface area is 296 Å². The summed E-state index contributed by atoms with van der Waals surface area (Å²) in [6, 6.07) is 62.0. The van der Waals surface area contributed by atoms with Crippen LogP contribution in [0.15, 0.2) is 180 Å². The average molecular weight is 653 g/mol. The number of rotatable bonds is 5. The molecule has 7 aromatic carbocycles. The van der Waals surface area contributed by atoms with Crippen LogP contribution in [0.4, 0.5) is 0 Å². The van der Waals surface area contributed by atoms with Crippen molar-refractivity contribution >= 4 is 21.9 Å². The minimum absolute atomic E-state index is 0.298. The number of furan rings is 1. The van der Waals surface area contributed by atoms with Gasteiger partial charge in [0.25, 0.3) is 0 Å². The zero-order valence-electron chi connectivity index (χ0n) is 28.0. The third kappa shape index (κ3) is 4.59. The molecule has 3 nitrogen and oxygen atoms in total. The largest absolute Gasteiger partial charge is 0.455 e. The van der Waals surface area contributed by atoms with E-state index in [1.807, 2.05) is 30.3 Å². The summed E-state index contributed by atoms with van der Waals surface area (Å²) in [6.07, 6.45) is 0. The molecule has 51 heavy (non-hydrogen) atoms. The first-order chi connectivity index (χ1) is 25.2. The maximum Gasteiger partial charge on any atom is 0.160 e. The Balaban J connectivity index is 1.18. The Morgan fingerprint density at radius 3 is 1.94 bits per heavy atom. The Morgan fingerprint density at radius 2 is 1.06 bits per heavy atom. The number of benzene rings is 7. The van der Waals surface area contributed by atoms with Gasteiger partial charge in [-0.1, -0.05) is 158 Å². The summed E-state index contributed by atoms with van der Waals surface area (Å²) in [5, 5.41) is 2.24. The third-order valence-corrected chi connectivity index (χ3v) is 10.6. The predicted octanol–water partition coefficient (Wildman–Crippen LogP) is 12.4. The lowest BCUT2D eigenvalue weighted by atomic mass is 9.74. The van der Waals surface area contributed by atoms with Crippen LogP contribution >= 0.6 is 0 Å². The molecule has 0 aliphatic heterocycles. The summed E-state index contributed by atoms with van der Waals surface area (Å²) in [6.45, 7) is 2.35. The Morgan fingerprint density at radius 1 is 0.451 bits per heavy atom. The topological polar surface area (TPSA) is 38.9 Å². The second-order valence-electron chi connectivity index (χ2n) is 13.5. The molecule has 0 saturated carbocycles. The van der Waals surface area contributed by atoms with Gasteiger partial charge in [0.05, 0.1) is 11.4 Å². The van der Waals surface area contributed by atoms with Gasteiger partial charge in [-0.2, -0.15) is 0 Å². The van der Waals surface area contributed by atoms with Crippen LogP contribution < -0.4 is 0 Å². The van der Waals surface area contributed by atoms with Gasteiger partial charge in [0.1, 0.15) is 11.2 Å². The molecule has 0 amide bonds. The smallest absolute Gasteiger partial charge is 0.160 e. The second kappa shape index (κ2) is 11.5. The lowest BCUT2D eigenvalue weighted by molar-refractivity contribution is 0.670. The molecule has 240 valence electrons. The molecule has 1 aliphatic rings. The highest BCUT2D eigenvalue weighted by Crippen LogP contribution is 2.55. The summed E-state index contributed by atoms with van der Waals surface area (Å²) in [5.74, 6) is 0.697. The molecular formula is C48H32N2O. The summed E-state index contributed by atoms with van der Waals surface area (Å²) < 4.78 is 6.43. The normalized spacial score (nSPS) is 14.8. The average Bonchev–Trinajstić information content (AvgIpc) is 3.72. The van der Waals surface area contributed by atoms with Gasteiger partial charge < -0.3 is 4.42 Å². The fourth-order valence-corrected chi connectivity index (χ4v) is 8.11. The van der Waals surface area contributed by atoms with E-state index in [2.05, 4.69) is 153 Å². The van der Waals surface area contributed by atoms with Gasteiger partial charge in [-0.15, -0.1) is 0 Å². The Bertz CT molecular complexity index is 2760. The number of nitrogens with zero attached hydrogens (tertiary/aromatic N) is 2.